The molecule has 2 rings (SSSR count). The Morgan fingerprint density at radius 1 is 1.33 bits per heavy atom. The Morgan fingerprint density at radius 3 is 2.76 bits per heavy atom. The number of nitro benzene ring substituents is 1. The molecule has 0 spiro atoms. The van der Waals surface area contributed by atoms with Gasteiger partial charge >= 0.3 is 0 Å². The molecule has 0 bridgehead atoms. The van der Waals surface area contributed by atoms with E-state index in [-0.39, 0.29) is 11.3 Å². The molecule has 0 amide bonds. The van der Waals surface area contributed by atoms with Gasteiger partial charge in [0, 0.05) is 11.8 Å². The van der Waals surface area contributed by atoms with Gasteiger partial charge in [-0.2, -0.15) is 5.26 Å². The molecule has 6 nitrogen and oxygen atoms in total. The number of benzene rings is 2. The van der Waals surface area contributed by atoms with Gasteiger partial charge in [0.05, 0.1) is 17.2 Å². The molecule has 0 radical (unpaired) electrons. The summed E-state index contributed by atoms with van der Waals surface area (Å²) in [7, 11) is 0. The second-order valence-corrected chi connectivity index (χ2v) is 4.16. The maximum Gasteiger partial charge on any atom is 0.287 e. The van der Waals surface area contributed by atoms with Gasteiger partial charge in [0.1, 0.15) is 17.4 Å². The van der Waals surface area contributed by atoms with E-state index >= 15 is 0 Å². The van der Waals surface area contributed by atoms with E-state index in [9.17, 15) is 10.1 Å². The minimum atomic E-state index is -0.573. The summed E-state index contributed by atoms with van der Waals surface area (Å²) in [6, 6.07) is 13.5. The smallest absolute Gasteiger partial charge is 0.287 e. The number of para-hydroxylation sites is 2. The predicted octanol–water partition coefficient (Wildman–Crippen LogP) is 3.61. The average Bonchev–Trinajstić information content (AvgIpc) is 2.49. The number of nitrogens with zero attached hydrogens (tertiary/aromatic N) is 2. The zero-order chi connectivity index (χ0) is 15.2. The highest BCUT2D eigenvalue weighted by atomic mass is 16.6. The molecule has 0 fully saturated rings. The Morgan fingerprint density at radius 2 is 2.10 bits per heavy atom. The molecule has 2 aromatic carbocycles. The van der Waals surface area contributed by atoms with Crippen LogP contribution in [0, 0.1) is 21.4 Å². The summed E-state index contributed by atoms with van der Waals surface area (Å²) in [5.74, 6) is 0.678. The lowest BCUT2D eigenvalue weighted by Gasteiger charge is -2.12. The van der Waals surface area contributed by atoms with Crippen LogP contribution < -0.4 is 10.1 Å². The van der Waals surface area contributed by atoms with Crippen molar-refractivity contribution in [3.8, 4) is 11.8 Å². The van der Waals surface area contributed by atoms with E-state index in [1.165, 1.54) is 12.1 Å². The van der Waals surface area contributed by atoms with E-state index in [1.807, 2.05) is 37.3 Å². The number of nitrogens with one attached hydrogen (secondary N) is 1. The first-order valence-electron chi connectivity index (χ1n) is 6.33. The molecule has 0 aliphatic heterocycles. The molecule has 0 aliphatic rings. The van der Waals surface area contributed by atoms with Crippen LogP contribution in [0.15, 0.2) is 42.5 Å². The zero-order valence-corrected chi connectivity index (χ0v) is 11.4. The first-order valence-corrected chi connectivity index (χ1v) is 6.33. The maximum absolute atomic E-state index is 10.8. The number of rotatable bonds is 5. The Hall–Kier alpha value is -3.07. The van der Waals surface area contributed by atoms with Crippen molar-refractivity contribution in [1.82, 2.24) is 0 Å². The summed E-state index contributed by atoms with van der Waals surface area (Å²) >= 11 is 0. The molecular formula is C15H13N3O3. The monoisotopic (exact) mass is 283 g/mol. The molecular weight excluding hydrogens is 270 g/mol. The molecule has 0 aromatic heterocycles. The van der Waals surface area contributed by atoms with Crippen LogP contribution >= 0.6 is 0 Å². The second kappa shape index (κ2) is 6.39. The highest BCUT2D eigenvalue weighted by Crippen LogP contribution is 2.29. The second-order valence-electron chi connectivity index (χ2n) is 4.16. The summed E-state index contributed by atoms with van der Waals surface area (Å²) in [5, 5.41) is 22.9. The van der Waals surface area contributed by atoms with Gasteiger partial charge < -0.3 is 10.1 Å². The van der Waals surface area contributed by atoms with Gasteiger partial charge in [-0.3, -0.25) is 10.1 Å². The third-order valence-electron chi connectivity index (χ3n) is 2.78. The molecule has 0 atom stereocenters. The van der Waals surface area contributed by atoms with Gasteiger partial charge in [-0.1, -0.05) is 12.1 Å². The molecule has 1 N–H and O–H groups in total. The van der Waals surface area contributed by atoms with Crippen LogP contribution in [-0.2, 0) is 0 Å². The Bertz CT molecular complexity index is 708. The number of nitro groups is 1. The number of anilines is 2. The number of nitriles is 1. The molecule has 0 unspecified atom stereocenters. The minimum Gasteiger partial charge on any atom is -0.492 e. The molecule has 106 valence electrons. The van der Waals surface area contributed by atoms with E-state index in [2.05, 4.69) is 5.32 Å². The maximum atomic E-state index is 10.8. The summed E-state index contributed by atoms with van der Waals surface area (Å²) in [5.41, 5.74) is 1.13. The van der Waals surface area contributed by atoms with Gasteiger partial charge in [0.25, 0.3) is 5.69 Å². The van der Waals surface area contributed by atoms with Gasteiger partial charge in [-0.25, -0.2) is 0 Å². The molecule has 6 heteroatoms. The van der Waals surface area contributed by atoms with Crippen molar-refractivity contribution >= 4 is 17.1 Å². The van der Waals surface area contributed by atoms with Crippen LogP contribution in [0.4, 0.5) is 17.1 Å². The van der Waals surface area contributed by atoms with E-state index in [0.717, 1.165) is 5.69 Å². The van der Waals surface area contributed by atoms with E-state index < -0.39 is 4.92 Å². The molecule has 0 heterocycles. The molecule has 0 saturated heterocycles. The van der Waals surface area contributed by atoms with Crippen molar-refractivity contribution in [3.05, 3.63) is 58.1 Å². The first kappa shape index (κ1) is 14.3. The molecule has 2 aromatic rings. The van der Waals surface area contributed by atoms with E-state index in [1.54, 1.807) is 6.07 Å². The average molecular weight is 283 g/mol. The Balaban J connectivity index is 2.33. The van der Waals surface area contributed by atoms with Crippen LogP contribution in [0.5, 0.6) is 5.75 Å². The van der Waals surface area contributed by atoms with Gasteiger partial charge in [-0.15, -0.1) is 0 Å². The van der Waals surface area contributed by atoms with E-state index in [4.69, 9.17) is 10.00 Å². The quantitative estimate of drug-likeness (QED) is 0.669. The van der Waals surface area contributed by atoms with Crippen LogP contribution in [0.1, 0.15) is 12.5 Å². The van der Waals surface area contributed by atoms with Crippen molar-refractivity contribution in [2.75, 3.05) is 11.9 Å². The van der Waals surface area contributed by atoms with Crippen LogP contribution in [-0.4, -0.2) is 11.5 Å². The fraction of sp³-hybridized carbons (Fsp3) is 0.133. The Kier molecular flexibility index (Phi) is 4.36. The molecule has 0 aliphatic carbocycles. The SMILES string of the molecule is CCOc1ccccc1Nc1ccc([N+](=O)[O-])c(C#N)c1. The third-order valence-corrected chi connectivity index (χ3v) is 2.78. The summed E-state index contributed by atoms with van der Waals surface area (Å²) in [6.45, 7) is 2.42. The Labute approximate surface area is 121 Å². The van der Waals surface area contributed by atoms with Crippen molar-refractivity contribution < 1.29 is 9.66 Å². The molecule has 21 heavy (non-hydrogen) atoms. The van der Waals surface area contributed by atoms with Gasteiger partial charge in [0.2, 0.25) is 0 Å². The topological polar surface area (TPSA) is 88.2 Å². The van der Waals surface area contributed by atoms with Crippen molar-refractivity contribution in [3.63, 3.8) is 0 Å². The normalized spacial score (nSPS) is 9.71. The highest BCUT2D eigenvalue weighted by molar-refractivity contribution is 5.69. The van der Waals surface area contributed by atoms with Gasteiger partial charge in [0.15, 0.2) is 0 Å². The number of hydrogen-bond donors (Lipinski definition) is 1. The third kappa shape index (κ3) is 3.28. The van der Waals surface area contributed by atoms with Gasteiger partial charge in [-0.05, 0) is 31.2 Å². The first-order chi connectivity index (χ1) is 10.2. The van der Waals surface area contributed by atoms with Crippen molar-refractivity contribution in [1.29, 1.82) is 5.26 Å². The van der Waals surface area contributed by atoms with Crippen LogP contribution in [0.25, 0.3) is 0 Å². The fourth-order valence-electron chi connectivity index (χ4n) is 1.87. The summed E-state index contributed by atoms with van der Waals surface area (Å²) in [4.78, 5) is 10.2. The standard InChI is InChI=1S/C15H13N3O3/c1-2-21-15-6-4-3-5-13(15)17-12-7-8-14(18(19)20)11(9-12)10-16/h3-9,17H,2H2,1H3. The fourth-order valence-corrected chi connectivity index (χ4v) is 1.87. The number of hydrogen-bond acceptors (Lipinski definition) is 5. The lowest BCUT2D eigenvalue weighted by molar-refractivity contribution is -0.385. The van der Waals surface area contributed by atoms with Crippen molar-refractivity contribution in [2.45, 2.75) is 6.92 Å². The summed E-state index contributed by atoms with van der Waals surface area (Å²) in [6.07, 6.45) is 0. The summed E-state index contributed by atoms with van der Waals surface area (Å²) < 4.78 is 5.49. The highest BCUT2D eigenvalue weighted by Gasteiger charge is 2.14. The van der Waals surface area contributed by atoms with Crippen LogP contribution in [0.3, 0.4) is 0 Å². The molecule has 0 saturated carbocycles. The largest absolute Gasteiger partial charge is 0.492 e. The lowest BCUT2D eigenvalue weighted by atomic mass is 10.1. The van der Waals surface area contributed by atoms with Crippen LogP contribution in [0.2, 0.25) is 0 Å². The zero-order valence-electron chi connectivity index (χ0n) is 11.4. The van der Waals surface area contributed by atoms with E-state index in [0.29, 0.717) is 18.0 Å². The lowest BCUT2D eigenvalue weighted by Crippen LogP contribution is -1.99. The number of ether oxygens (including phenoxy) is 1. The minimum absolute atomic E-state index is 0.0129. The predicted molar refractivity (Wildman–Crippen MR) is 78.7 cm³/mol. The van der Waals surface area contributed by atoms with Crippen molar-refractivity contribution in [2.24, 2.45) is 0 Å².